The van der Waals surface area contributed by atoms with Gasteiger partial charge in [0, 0.05) is 13.0 Å². The third kappa shape index (κ3) is 2.57. The molecule has 0 spiro atoms. The first-order valence-corrected chi connectivity index (χ1v) is 7.52. The van der Waals surface area contributed by atoms with Gasteiger partial charge in [-0.15, -0.1) is 0 Å². The zero-order chi connectivity index (χ0) is 15.8. The van der Waals surface area contributed by atoms with E-state index in [-0.39, 0.29) is 24.2 Å². The lowest BCUT2D eigenvalue weighted by Gasteiger charge is -2.32. The summed E-state index contributed by atoms with van der Waals surface area (Å²) in [5.41, 5.74) is -1.54. The molecule has 0 radical (unpaired) electrons. The average Bonchev–Trinajstić information content (AvgIpc) is 2.89. The van der Waals surface area contributed by atoms with Gasteiger partial charge in [-0.2, -0.15) is 0 Å². The molecule has 2 unspecified atom stereocenters. The lowest BCUT2D eigenvalue weighted by Crippen LogP contribution is -2.53. The van der Waals surface area contributed by atoms with Crippen molar-refractivity contribution in [1.82, 2.24) is 10.2 Å². The van der Waals surface area contributed by atoms with Gasteiger partial charge in [0.05, 0.1) is 5.41 Å². The standard InChI is InChI=1S/C15H24N2O4/c1-14(2)9-11(18)17(12(14)19)8-6-10-5-4-7-15(10,16-3)13(20)21/h10,16H,4-9H2,1-3H3,(H,20,21). The van der Waals surface area contributed by atoms with Crippen LogP contribution in [0.1, 0.15) is 46.0 Å². The molecule has 0 bridgehead atoms. The maximum absolute atomic E-state index is 12.2. The number of imide groups is 1. The van der Waals surface area contributed by atoms with Crippen LogP contribution in [0, 0.1) is 11.3 Å². The molecule has 6 heteroatoms. The van der Waals surface area contributed by atoms with E-state index in [1.165, 1.54) is 4.90 Å². The smallest absolute Gasteiger partial charge is 0.324 e. The van der Waals surface area contributed by atoms with E-state index in [1.807, 2.05) is 0 Å². The minimum atomic E-state index is -0.915. The molecule has 6 nitrogen and oxygen atoms in total. The maximum Gasteiger partial charge on any atom is 0.324 e. The van der Waals surface area contributed by atoms with Gasteiger partial charge < -0.3 is 10.4 Å². The van der Waals surface area contributed by atoms with E-state index < -0.39 is 16.9 Å². The van der Waals surface area contributed by atoms with Crippen molar-refractivity contribution >= 4 is 17.8 Å². The Kier molecular flexibility index (Phi) is 4.10. The topological polar surface area (TPSA) is 86.7 Å². The second kappa shape index (κ2) is 5.40. The second-order valence-electron chi connectivity index (χ2n) is 6.82. The highest BCUT2D eigenvalue weighted by Gasteiger charge is 2.49. The van der Waals surface area contributed by atoms with Gasteiger partial charge in [-0.25, -0.2) is 0 Å². The number of aliphatic carboxylic acids is 1. The van der Waals surface area contributed by atoms with Gasteiger partial charge in [-0.3, -0.25) is 19.3 Å². The summed E-state index contributed by atoms with van der Waals surface area (Å²) in [5.74, 6) is -1.18. The first kappa shape index (κ1) is 15.9. The molecular weight excluding hydrogens is 272 g/mol. The van der Waals surface area contributed by atoms with Crippen LogP contribution in [0.4, 0.5) is 0 Å². The second-order valence-corrected chi connectivity index (χ2v) is 6.82. The van der Waals surface area contributed by atoms with Crippen LogP contribution in [0.15, 0.2) is 0 Å². The zero-order valence-corrected chi connectivity index (χ0v) is 12.9. The number of hydrogen-bond donors (Lipinski definition) is 2. The summed E-state index contributed by atoms with van der Waals surface area (Å²) in [4.78, 5) is 37.0. The molecular formula is C15H24N2O4. The highest BCUT2D eigenvalue weighted by molar-refractivity contribution is 6.05. The molecule has 0 aromatic rings. The van der Waals surface area contributed by atoms with E-state index in [0.717, 1.165) is 12.8 Å². The molecule has 1 aliphatic heterocycles. The number of hydrogen-bond acceptors (Lipinski definition) is 4. The normalized spacial score (nSPS) is 32.0. The Balaban J connectivity index is 2.05. The number of rotatable bonds is 5. The Labute approximate surface area is 124 Å². The molecule has 0 aromatic carbocycles. The van der Waals surface area contributed by atoms with Crippen molar-refractivity contribution in [1.29, 1.82) is 0 Å². The van der Waals surface area contributed by atoms with E-state index in [1.54, 1.807) is 20.9 Å². The Morgan fingerprint density at radius 1 is 1.43 bits per heavy atom. The molecule has 2 aliphatic rings. The van der Waals surface area contributed by atoms with E-state index in [0.29, 0.717) is 19.4 Å². The molecule has 2 amide bonds. The van der Waals surface area contributed by atoms with Crippen LogP contribution in [0.5, 0.6) is 0 Å². The fraction of sp³-hybridized carbons (Fsp3) is 0.800. The quantitative estimate of drug-likeness (QED) is 0.739. The monoisotopic (exact) mass is 296 g/mol. The molecule has 1 saturated carbocycles. The van der Waals surface area contributed by atoms with Crippen LogP contribution in [0.3, 0.4) is 0 Å². The number of carbonyl (C=O) groups excluding carboxylic acids is 2. The fourth-order valence-electron chi connectivity index (χ4n) is 3.73. The molecule has 0 aromatic heterocycles. The SMILES string of the molecule is CNC1(C(=O)O)CCCC1CCN1C(=O)CC(C)(C)C1=O. The van der Waals surface area contributed by atoms with Crippen LogP contribution in [0.2, 0.25) is 0 Å². The lowest BCUT2D eigenvalue weighted by atomic mass is 9.84. The summed E-state index contributed by atoms with van der Waals surface area (Å²) in [6.45, 7) is 3.87. The Morgan fingerprint density at radius 3 is 2.57 bits per heavy atom. The van der Waals surface area contributed by atoms with Crippen molar-refractivity contribution in [3.8, 4) is 0 Å². The summed E-state index contributed by atoms with van der Waals surface area (Å²) in [6, 6.07) is 0. The molecule has 1 aliphatic carbocycles. The van der Waals surface area contributed by atoms with E-state index in [4.69, 9.17) is 0 Å². The average molecular weight is 296 g/mol. The van der Waals surface area contributed by atoms with Crippen molar-refractivity contribution in [2.45, 2.75) is 51.5 Å². The summed E-state index contributed by atoms with van der Waals surface area (Å²) in [7, 11) is 1.67. The Morgan fingerprint density at radius 2 is 2.10 bits per heavy atom. The zero-order valence-electron chi connectivity index (χ0n) is 12.9. The number of carboxylic acid groups (broad SMARTS) is 1. The van der Waals surface area contributed by atoms with Crippen LogP contribution in [-0.2, 0) is 14.4 Å². The highest BCUT2D eigenvalue weighted by Crippen LogP contribution is 2.39. The molecule has 2 rings (SSSR count). The van der Waals surface area contributed by atoms with Crippen molar-refractivity contribution in [2.75, 3.05) is 13.6 Å². The third-order valence-electron chi connectivity index (χ3n) is 5.07. The van der Waals surface area contributed by atoms with Crippen molar-refractivity contribution in [2.24, 2.45) is 11.3 Å². The first-order chi connectivity index (χ1) is 9.74. The maximum atomic E-state index is 12.2. The largest absolute Gasteiger partial charge is 0.480 e. The molecule has 1 saturated heterocycles. The van der Waals surface area contributed by atoms with Crippen molar-refractivity contribution < 1.29 is 19.5 Å². The number of carboxylic acids is 1. The van der Waals surface area contributed by atoms with Gasteiger partial charge in [0.1, 0.15) is 5.54 Å². The van der Waals surface area contributed by atoms with Gasteiger partial charge in [-0.1, -0.05) is 20.3 Å². The van der Waals surface area contributed by atoms with Crippen LogP contribution >= 0.6 is 0 Å². The van der Waals surface area contributed by atoms with Gasteiger partial charge in [0.25, 0.3) is 0 Å². The lowest BCUT2D eigenvalue weighted by molar-refractivity contribution is -0.146. The number of likely N-dealkylation sites (N-methyl/N-ethyl adjacent to an activating group) is 1. The number of carbonyl (C=O) groups is 3. The predicted molar refractivity (Wildman–Crippen MR) is 76.5 cm³/mol. The summed E-state index contributed by atoms with van der Waals surface area (Å²) in [5, 5.41) is 12.5. The van der Waals surface area contributed by atoms with Crippen molar-refractivity contribution in [3.05, 3.63) is 0 Å². The molecule has 1 heterocycles. The van der Waals surface area contributed by atoms with Gasteiger partial charge >= 0.3 is 5.97 Å². The fourth-order valence-corrected chi connectivity index (χ4v) is 3.73. The van der Waals surface area contributed by atoms with Crippen molar-refractivity contribution in [3.63, 3.8) is 0 Å². The minimum absolute atomic E-state index is 0.0516. The van der Waals surface area contributed by atoms with Crippen LogP contribution < -0.4 is 5.32 Å². The molecule has 118 valence electrons. The Hall–Kier alpha value is -1.43. The van der Waals surface area contributed by atoms with Crippen LogP contribution in [0.25, 0.3) is 0 Å². The molecule has 2 fully saturated rings. The number of likely N-dealkylation sites (tertiary alicyclic amines) is 1. The molecule has 2 N–H and O–H groups in total. The van der Waals surface area contributed by atoms with E-state index >= 15 is 0 Å². The third-order valence-corrected chi connectivity index (χ3v) is 5.07. The highest BCUT2D eigenvalue weighted by atomic mass is 16.4. The summed E-state index contributed by atoms with van der Waals surface area (Å²) >= 11 is 0. The minimum Gasteiger partial charge on any atom is -0.480 e. The Bertz CT molecular complexity index is 474. The molecule has 2 atom stereocenters. The predicted octanol–water partition coefficient (Wildman–Crippen LogP) is 1.00. The van der Waals surface area contributed by atoms with Gasteiger partial charge in [0.2, 0.25) is 11.8 Å². The van der Waals surface area contributed by atoms with Gasteiger partial charge in [-0.05, 0) is 32.2 Å². The summed E-state index contributed by atoms with van der Waals surface area (Å²) < 4.78 is 0. The van der Waals surface area contributed by atoms with Gasteiger partial charge in [0.15, 0.2) is 0 Å². The van der Waals surface area contributed by atoms with E-state index in [9.17, 15) is 19.5 Å². The number of amides is 2. The van der Waals surface area contributed by atoms with Crippen LogP contribution in [-0.4, -0.2) is 46.9 Å². The number of nitrogens with one attached hydrogen (secondary N) is 1. The summed E-state index contributed by atoms with van der Waals surface area (Å²) in [6.07, 6.45) is 3.04. The first-order valence-electron chi connectivity index (χ1n) is 7.52. The van der Waals surface area contributed by atoms with E-state index in [2.05, 4.69) is 5.32 Å². The molecule has 21 heavy (non-hydrogen) atoms. The number of nitrogens with zero attached hydrogens (tertiary/aromatic N) is 1.